The molecule has 2 saturated heterocycles. The highest BCUT2D eigenvalue weighted by atomic mass is 16.3. The lowest BCUT2D eigenvalue weighted by Crippen LogP contribution is -2.62. The molecule has 2 rings (SSSR count). The topological polar surface area (TPSA) is 61.5 Å². The molecular weight excluding hydrogens is 226 g/mol. The van der Waals surface area contributed by atoms with Gasteiger partial charge in [-0.05, 0) is 53.0 Å². The molecule has 0 aliphatic carbocycles. The number of aliphatic hydroxyl groups excluding tert-OH is 1. The third-order valence-corrected chi connectivity index (χ3v) is 4.88. The van der Waals surface area contributed by atoms with Crippen molar-refractivity contribution in [3.63, 3.8) is 0 Å². The number of rotatable bonds is 5. The van der Waals surface area contributed by atoms with E-state index in [-0.39, 0.29) is 11.6 Å². The maximum Gasteiger partial charge on any atom is 0.0526 e. The zero-order chi connectivity index (χ0) is 13.3. The molecule has 0 spiro atoms. The Morgan fingerprint density at radius 2 is 1.89 bits per heavy atom. The van der Waals surface area contributed by atoms with E-state index in [0.717, 1.165) is 19.3 Å². The molecule has 2 aliphatic heterocycles. The van der Waals surface area contributed by atoms with Crippen LogP contribution in [-0.4, -0.2) is 53.4 Å². The highest BCUT2D eigenvalue weighted by molar-refractivity contribution is 5.06. The highest BCUT2D eigenvalue weighted by Gasteiger charge is 2.46. The zero-order valence-electron chi connectivity index (χ0n) is 12.0. The number of nitrogens with one attached hydrogen (secondary N) is 1. The fourth-order valence-corrected chi connectivity index (χ4v) is 4.00. The quantitative estimate of drug-likeness (QED) is 0.676. The Hall–Kier alpha value is -0.160. The molecule has 2 aliphatic rings. The molecule has 2 bridgehead atoms. The van der Waals surface area contributed by atoms with Gasteiger partial charge < -0.3 is 21.1 Å². The zero-order valence-corrected chi connectivity index (χ0v) is 12.0. The molecule has 0 aromatic heterocycles. The van der Waals surface area contributed by atoms with Crippen LogP contribution in [0.15, 0.2) is 0 Å². The number of hydrogen-bond acceptors (Lipinski definition) is 4. The van der Waals surface area contributed by atoms with Crippen molar-refractivity contribution in [3.05, 3.63) is 0 Å². The predicted molar refractivity (Wildman–Crippen MR) is 74.5 cm³/mol. The molecule has 18 heavy (non-hydrogen) atoms. The summed E-state index contributed by atoms with van der Waals surface area (Å²) in [6, 6.07) is 1.72. The normalized spacial score (nSPS) is 39.8. The Kier molecular flexibility index (Phi) is 4.32. The lowest BCUT2D eigenvalue weighted by molar-refractivity contribution is 0.0798. The second-order valence-electron chi connectivity index (χ2n) is 6.57. The Labute approximate surface area is 111 Å². The van der Waals surface area contributed by atoms with E-state index in [0.29, 0.717) is 24.7 Å². The van der Waals surface area contributed by atoms with Crippen molar-refractivity contribution in [2.75, 3.05) is 13.6 Å². The number of nitrogens with two attached hydrogens (primary N) is 1. The maximum atomic E-state index is 9.49. The van der Waals surface area contributed by atoms with Gasteiger partial charge in [0.2, 0.25) is 0 Å². The van der Waals surface area contributed by atoms with Crippen LogP contribution in [0.1, 0.15) is 46.0 Å². The van der Waals surface area contributed by atoms with Gasteiger partial charge in [0, 0.05) is 30.2 Å². The van der Waals surface area contributed by atoms with E-state index in [2.05, 4.69) is 24.2 Å². The minimum Gasteiger partial charge on any atom is -0.393 e. The first-order valence-electron chi connectivity index (χ1n) is 7.33. The van der Waals surface area contributed by atoms with Gasteiger partial charge in [0.15, 0.2) is 0 Å². The second kappa shape index (κ2) is 5.45. The van der Waals surface area contributed by atoms with E-state index in [9.17, 15) is 5.11 Å². The summed E-state index contributed by atoms with van der Waals surface area (Å²) in [7, 11) is 2.25. The smallest absolute Gasteiger partial charge is 0.0526 e. The molecule has 106 valence electrons. The van der Waals surface area contributed by atoms with Crippen LogP contribution in [0.4, 0.5) is 0 Å². The van der Waals surface area contributed by atoms with E-state index < -0.39 is 0 Å². The standard InChI is InChI=1S/C14H29N3O/c1-10(6-11(2)18)16-14(9-15)7-12-4-5-13(8-14)17(12)3/h10-13,16,18H,4-9,15H2,1-3H3. The van der Waals surface area contributed by atoms with Crippen LogP contribution in [0.5, 0.6) is 0 Å². The van der Waals surface area contributed by atoms with Gasteiger partial charge in [0.25, 0.3) is 0 Å². The summed E-state index contributed by atoms with van der Waals surface area (Å²) in [5, 5.41) is 13.2. The fourth-order valence-electron chi connectivity index (χ4n) is 4.00. The van der Waals surface area contributed by atoms with Crippen LogP contribution < -0.4 is 11.1 Å². The number of hydrogen-bond donors (Lipinski definition) is 3. The number of fused-ring (bicyclic) bond motifs is 2. The molecule has 4 atom stereocenters. The SMILES string of the molecule is CC(O)CC(C)NC1(CN)CC2CCC(C1)N2C. The monoisotopic (exact) mass is 255 g/mol. The van der Waals surface area contributed by atoms with Crippen molar-refractivity contribution in [3.8, 4) is 0 Å². The lowest BCUT2D eigenvalue weighted by atomic mass is 9.82. The van der Waals surface area contributed by atoms with Gasteiger partial charge in [-0.15, -0.1) is 0 Å². The number of aliphatic hydroxyl groups is 1. The van der Waals surface area contributed by atoms with Crippen molar-refractivity contribution >= 4 is 0 Å². The van der Waals surface area contributed by atoms with Gasteiger partial charge in [-0.25, -0.2) is 0 Å². The summed E-state index contributed by atoms with van der Waals surface area (Å²) < 4.78 is 0. The first kappa shape index (κ1) is 14.3. The summed E-state index contributed by atoms with van der Waals surface area (Å²) in [5.41, 5.74) is 6.16. The van der Waals surface area contributed by atoms with Crippen molar-refractivity contribution in [1.82, 2.24) is 10.2 Å². The van der Waals surface area contributed by atoms with Crippen molar-refractivity contribution in [2.24, 2.45) is 5.73 Å². The van der Waals surface area contributed by atoms with Crippen LogP contribution >= 0.6 is 0 Å². The van der Waals surface area contributed by atoms with Gasteiger partial charge in [-0.1, -0.05) is 0 Å². The maximum absolute atomic E-state index is 9.49. The van der Waals surface area contributed by atoms with Crippen LogP contribution in [-0.2, 0) is 0 Å². The summed E-state index contributed by atoms with van der Waals surface area (Å²) >= 11 is 0. The van der Waals surface area contributed by atoms with Gasteiger partial charge in [0.1, 0.15) is 0 Å². The summed E-state index contributed by atoms with van der Waals surface area (Å²) in [6.45, 7) is 4.72. The van der Waals surface area contributed by atoms with E-state index in [1.807, 2.05) is 6.92 Å². The van der Waals surface area contributed by atoms with Crippen LogP contribution in [0.3, 0.4) is 0 Å². The van der Waals surface area contributed by atoms with Gasteiger partial charge in [-0.3, -0.25) is 0 Å². The Morgan fingerprint density at radius 3 is 2.33 bits per heavy atom. The van der Waals surface area contributed by atoms with Crippen LogP contribution in [0.2, 0.25) is 0 Å². The Bertz CT molecular complexity index is 268. The number of piperidine rings is 1. The van der Waals surface area contributed by atoms with Crippen LogP contribution in [0.25, 0.3) is 0 Å². The largest absolute Gasteiger partial charge is 0.393 e. The lowest BCUT2D eigenvalue weighted by Gasteiger charge is -2.47. The number of nitrogens with zero attached hydrogens (tertiary/aromatic N) is 1. The highest BCUT2D eigenvalue weighted by Crippen LogP contribution is 2.39. The van der Waals surface area contributed by atoms with Gasteiger partial charge in [0.05, 0.1) is 6.10 Å². The van der Waals surface area contributed by atoms with Crippen molar-refractivity contribution < 1.29 is 5.11 Å². The molecule has 2 fully saturated rings. The minimum atomic E-state index is -0.245. The molecule has 4 nitrogen and oxygen atoms in total. The molecule has 0 aromatic carbocycles. The minimum absolute atomic E-state index is 0.0899. The van der Waals surface area contributed by atoms with Crippen molar-refractivity contribution in [2.45, 2.75) is 75.7 Å². The molecule has 4 heteroatoms. The Balaban J connectivity index is 1.99. The predicted octanol–water partition coefficient (Wildman–Crippen LogP) is 0.690. The van der Waals surface area contributed by atoms with Crippen molar-refractivity contribution in [1.29, 1.82) is 0 Å². The fraction of sp³-hybridized carbons (Fsp3) is 1.00. The van der Waals surface area contributed by atoms with E-state index in [1.54, 1.807) is 0 Å². The van der Waals surface area contributed by atoms with Crippen LogP contribution in [0, 0.1) is 0 Å². The molecule has 4 unspecified atom stereocenters. The Morgan fingerprint density at radius 1 is 1.33 bits per heavy atom. The molecule has 0 saturated carbocycles. The summed E-state index contributed by atoms with van der Waals surface area (Å²) in [6.07, 6.45) is 5.49. The van der Waals surface area contributed by atoms with E-state index >= 15 is 0 Å². The molecule has 4 N–H and O–H groups in total. The molecule has 2 heterocycles. The molecule has 0 amide bonds. The average molecular weight is 255 g/mol. The molecule has 0 radical (unpaired) electrons. The van der Waals surface area contributed by atoms with Gasteiger partial charge >= 0.3 is 0 Å². The molecule has 0 aromatic rings. The van der Waals surface area contributed by atoms with E-state index in [1.165, 1.54) is 12.8 Å². The van der Waals surface area contributed by atoms with Gasteiger partial charge in [-0.2, -0.15) is 0 Å². The first-order chi connectivity index (χ1) is 8.46. The summed E-state index contributed by atoms with van der Waals surface area (Å²) in [5.74, 6) is 0. The molecular formula is C14H29N3O. The van der Waals surface area contributed by atoms with E-state index in [4.69, 9.17) is 5.73 Å². The summed E-state index contributed by atoms with van der Waals surface area (Å²) in [4.78, 5) is 2.54. The second-order valence-corrected chi connectivity index (χ2v) is 6.57. The third-order valence-electron chi connectivity index (χ3n) is 4.88. The first-order valence-corrected chi connectivity index (χ1v) is 7.33. The average Bonchev–Trinajstić information content (AvgIpc) is 2.51. The third kappa shape index (κ3) is 2.87.